The third kappa shape index (κ3) is 3.59. The molecular weight excluding hydrogens is 214 g/mol. The van der Waals surface area contributed by atoms with E-state index in [9.17, 15) is 0 Å². The number of aryl methyl sites for hydroxylation is 1. The first-order chi connectivity index (χ1) is 7.15. The SMILES string of the molecule is Cc1ccc(OC/C=C/Cl)c(B(O)O)c1. The van der Waals surface area contributed by atoms with Gasteiger partial charge in [-0.05, 0) is 19.1 Å². The molecule has 2 N–H and O–H groups in total. The van der Waals surface area contributed by atoms with E-state index in [1.54, 1.807) is 18.2 Å². The molecule has 5 heteroatoms. The van der Waals surface area contributed by atoms with E-state index >= 15 is 0 Å². The summed E-state index contributed by atoms with van der Waals surface area (Å²) in [6.45, 7) is 2.17. The lowest BCUT2D eigenvalue weighted by Crippen LogP contribution is -2.31. The Hall–Kier alpha value is -0.965. The normalized spacial score (nSPS) is 10.7. The molecule has 3 nitrogen and oxygen atoms in total. The lowest BCUT2D eigenvalue weighted by Gasteiger charge is -2.10. The maximum atomic E-state index is 9.12. The third-order valence-electron chi connectivity index (χ3n) is 1.87. The topological polar surface area (TPSA) is 49.7 Å². The average molecular weight is 226 g/mol. The summed E-state index contributed by atoms with van der Waals surface area (Å²) in [5.41, 5.74) is 2.65. The van der Waals surface area contributed by atoms with Crippen LogP contribution in [-0.2, 0) is 0 Å². The minimum atomic E-state index is -1.53. The molecule has 0 bridgehead atoms. The van der Waals surface area contributed by atoms with Crippen molar-refractivity contribution >= 4 is 24.2 Å². The van der Waals surface area contributed by atoms with E-state index in [1.165, 1.54) is 5.54 Å². The van der Waals surface area contributed by atoms with E-state index in [4.69, 9.17) is 26.4 Å². The van der Waals surface area contributed by atoms with E-state index in [1.807, 2.05) is 13.0 Å². The van der Waals surface area contributed by atoms with Crippen LogP contribution in [0.3, 0.4) is 0 Å². The third-order valence-corrected chi connectivity index (χ3v) is 2.05. The van der Waals surface area contributed by atoms with Gasteiger partial charge in [-0.15, -0.1) is 0 Å². The standard InChI is InChI=1S/C10H12BClO3/c1-8-3-4-10(15-6-2-5-12)9(7-8)11(13)14/h2-5,7,13-14H,6H2,1H3/b5-2+. The summed E-state index contributed by atoms with van der Waals surface area (Å²) in [6, 6.07) is 5.21. The van der Waals surface area contributed by atoms with Crippen LogP contribution < -0.4 is 10.2 Å². The van der Waals surface area contributed by atoms with Crippen LogP contribution in [0.1, 0.15) is 5.56 Å². The molecule has 15 heavy (non-hydrogen) atoms. The van der Waals surface area contributed by atoms with Crippen molar-refractivity contribution < 1.29 is 14.8 Å². The van der Waals surface area contributed by atoms with Crippen molar-refractivity contribution in [3.8, 4) is 5.75 Å². The van der Waals surface area contributed by atoms with Gasteiger partial charge in [0, 0.05) is 11.0 Å². The Kier molecular flexibility index (Phi) is 4.68. The first kappa shape index (κ1) is 12.1. The van der Waals surface area contributed by atoms with Crippen LogP contribution >= 0.6 is 11.6 Å². The van der Waals surface area contributed by atoms with Crippen LogP contribution in [0.4, 0.5) is 0 Å². The highest BCUT2D eigenvalue weighted by Gasteiger charge is 2.16. The van der Waals surface area contributed by atoms with E-state index in [2.05, 4.69) is 0 Å². The predicted molar refractivity (Wildman–Crippen MR) is 61.5 cm³/mol. The minimum absolute atomic E-state index is 0.298. The van der Waals surface area contributed by atoms with Crippen LogP contribution in [-0.4, -0.2) is 23.8 Å². The second kappa shape index (κ2) is 5.80. The maximum absolute atomic E-state index is 9.12. The summed E-state index contributed by atoms with van der Waals surface area (Å²) in [5, 5.41) is 18.2. The fourth-order valence-corrected chi connectivity index (χ4v) is 1.25. The second-order valence-corrected chi connectivity index (χ2v) is 3.34. The Morgan fingerprint density at radius 3 is 2.80 bits per heavy atom. The lowest BCUT2D eigenvalue weighted by atomic mass is 9.79. The molecule has 0 amide bonds. The van der Waals surface area contributed by atoms with Crippen molar-refractivity contribution in [2.24, 2.45) is 0 Å². The summed E-state index contributed by atoms with van der Waals surface area (Å²) >= 11 is 5.34. The highest BCUT2D eigenvalue weighted by molar-refractivity contribution is 6.59. The van der Waals surface area contributed by atoms with E-state index in [0.29, 0.717) is 17.8 Å². The number of benzene rings is 1. The van der Waals surface area contributed by atoms with Crippen molar-refractivity contribution in [1.29, 1.82) is 0 Å². The Labute approximate surface area is 94.1 Å². The van der Waals surface area contributed by atoms with Gasteiger partial charge in [-0.25, -0.2) is 0 Å². The number of hydrogen-bond donors (Lipinski definition) is 2. The van der Waals surface area contributed by atoms with Crippen molar-refractivity contribution in [3.05, 3.63) is 35.4 Å². The van der Waals surface area contributed by atoms with Gasteiger partial charge in [-0.2, -0.15) is 0 Å². The molecule has 0 spiro atoms. The molecule has 80 valence electrons. The molecule has 0 saturated carbocycles. The van der Waals surface area contributed by atoms with Gasteiger partial charge in [-0.1, -0.05) is 29.3 Å². The minimum Gasteiger partial charge on any atom is -0.490 e. The number of hydrogen-bond acceptors (Lipinski definition) is 3. The predicted octanol–water partition coefficient (Wildman–Crippen LogP) is 0.806. The van der Waals surface area contributed by atoms with Crippen LogP contribution in [0.2, 0.25) is 0 Å². The molecule has 0 heterocycles. The molecule has 0 aromatic heterocycles. The van der Waals surface area contributed by atoms with E-state index < -0.39 is 7.12 Å². The van der Waals surface area contributed by atoms with Gasteiger partial charge in [0.25, 0.3) is 0 Å². The fourth-order valence-electron chi connectivity index (χ4n) is 1.18. The van der Waals surface area contributed by atoms with Crippen molar-refractivity contribution in [3.63, 3.8) is 0 Å². The molecule has 0 fully saturated rings. The summed E-state index contributed by atoms with van der Waals surface area (Å²) in [5.74, 6) is 0.449. The summed E-state index contributed by atoms with van der Waals surface area (Å²) in [6.07, 6.45) is 1.62. The Balaban J connectivity index is 2.85. The Bertz CT molecular complexity index is 353. The zero-order chi connectivity index (χ0) is 11.3. The van der Waals surface area contributed by atoms with Gasteiger partial charge in [0.15, 0.2) is 0 Å². The summed E-state index contributed by atoms with van der Waals surface area (Å²) in [4.78, 5) is 0. The van der Waals surface area contributed by atoms with E-state index in [0.717, 1.165) is 5.56 Å². The summed E-state index contributed by atoms with van der Waals surface area (Å²) in [7, 11) is -1.53. The summed E-state index contributed by atoms with van der Waals surface area (Å²) < 4.78 is 5.30. The molecule has 1 aromatic rings. The largest absolute Gasteiger partial charge is 0.492 e. The maximum Gasteiger partial charge on any atom is 0.492 e. The molecule has 0 aliphatic heterocycles. The van der Waals surface area contributed by atoms with Gasteiger partial charge < -0.3 is 14.8 Å². The van der Waals surface area contributed by atoms with Gasteiger partial charge in [0.2, 0.25) is 0 Å². The first-order valence-electron chi connectivity index (χ1n) is 4.50. The Morgan fingerprint density at radius 1 is 1.47 bits per heavy atom. The molecule has 0 radical (unpaired) electrons. The molecule has 0 aliphatic rings. The van der Waals surface area contributed by atoms with Crippen LogP contribution in [0.25, 0.3) is 0 Å². The molecule has 0 aliphatic carbocycles. The lowest BCUT2D eigenvalue weighted by molar-refractivity contribution is 0.361. The van der Waals surface area contributed by atoms with Crippen molar-refractivity contribution in [1.82, 2.24) is 0 Å². The molecule has 0 unspecified atom stereocenters. The number of rotatable bonds is 4. The fraction of sp³-hybridized carbons (Fsp3) is 0.200. The van der Waals surface area contributed by atoms with Gasteiger partial charge in [0.05, 0.1) is 0 Å². The van der Waals surface area contributed by atoms with Crippen LogP contribution in [0.15, 0.2) is 29.8 Å². The quantitative estimate of drug-likeness (QED) is 0.747. The van der Waals surface area contributed by atoms with Gasteiger partial charge in [-0.3, -0.25) is 0 Å². The number of halogens is 1. The van der Waals surface area contributed by atoms with Crippen molar-refractivity contribution in [2.45, 2.75) is 6.92 Å². The highest BCUT2D eigenvalue weighted by Crippen LogP contribution is 2.10. The monoisotopic (exact) mass is 226 g/mol. The Morgan fingerprint density at radius 2 is 2.20 bits per heavy atom. The zero-order valence-electron chi connectivity index (χ0n) is 8.35. The first-order valence-corrected chi connectivity index (χ1v) is 4.93. The molecule has 1 aromatic carbocycles. The smallest absolute Gasteiger partial charge is 0.490 e. The molecule has 0 atom stereocenters. The molecule has 1 rings (SSSR count). The van der Waals surface area contributed by atoms with Crippen molar-refractivity contribution in [2.75, 3.05) is 6.61 Å². The van der Waals surface area contributed by atoms with Gasteiger partial charge >= 0.3 is 7.12 Å². The van der Waals surface area contributed by atoms with Crippen LogP contribution in [0, 0.1) is 6.92 Å². The average Bonchev–Trinajstić information content (AvgIpc) is 2.20. The van der Waals surface area contributed by atoms with Gasteiger partial charge in [0.1, 0.15) is 12.4 Å². The zero-order valence-corrected chi connectivity index (χ0v) is 9.11. The van der Waals surface area contributed by atoms with Crippen LogP contribution in [0.5, 0.6) is 5.75 Å². The second-order valence-electron chi connectivity index (χ2n) is 3.09. The molecular formula is C10H12BClO3. The number of ether oxygens (including phenoxy) is 1. The molecule has 0 saturated heterocycles. The highest BCUT2D eigenvalue weighted by atomic mass is 35.5. The van der Waals surface area contributed by atoms with E-state index in [-0.39, 0.29) is 0 Å².